The first kappa shape index (κ1) is 16.6. The van der Waals surface area contributed by atoms with E-state index in [9.17, 15) is 5.11 Å². The Hall–Kier alpha value is -0.770. The van der Waals surface area contributed by atoms with Gasteiger partial charge in [0.1, 0.15) is 5.75 Å². The molecule has 1 saturated carbocycles. The van der Waals surface area contributed by atoms with E-state index in [1.165, 1.54) is 19.3 Å². The van der Waals surface area contributed by atoms with Crippen LogP contribution in [0.15, 0.2) is 18.2 Å². The maximum absolute atomic E-state index is 11.1. The van der Waals surface area contributed by atoms with Gasteiger partial charge >= 0.3 is 0 Å². The van der Waals surface area contributed by atoms with Crippen molar-refractivity contribution in [3.8, 4) is 5.75 Å². The Morgan fingerprint density at radius 3 is 2.43 bits per heavy atom. The molecular weight excluding hydrogens is 286 g/mol. The van der Waals surface area contributed by atoms with Crippen LogP contribution in [0.1, 0.15) is 56.6 Å². The molecule has 0 aromatic heterocycles. The van der Waals surface area contributed by atoms with Crippen LogP contribution in [0, 0.1) is 5.41 Å². The normalized spacial score (nSPS) is 20.4. The number of ether oxygens (including phenoxy) is 1. The average Bonchev–Trinajstić information content (AvgIpc) is 2.47. The van der Waals surface area contributed by atoms with Crippen molar-refractivity contribution in [1.29, 1.82) is 0 Å². The van der Waals surface area contributed by atoms with Gasteiger partial charge in [-0.2, -0.15) is 0 Å². The Balaban J connectivity index is 2.36. The van der Waals surface area contributed by atoms with E-state index < -0.39 is 6.10 Å². The van der Waals surface area contributed by atoms with Crippen LogP contribution in [-0.2, 0) is 0 Å². The van der Waals surface area contributed by atoms with Gasteiger partial charge in [0.25, 0.3) is 0 Å². The number of rotatable bonds is 4. The zero-order valence-corrected chi connectivity index (χ0v) is 13.5. The highest BCUT2D eigenvalue weighted by molar-refractivity contribution is 6.31. The minimum absolute atomic E-state index is 0.293. The van der Waals surface area contributed by atoms with Gasteiger partial charge < -0.3 is 15.6 Å². The molecular formula is C17H26ClNO2. The van der Waals surface area contributed by atoms with Gasteiger partial charge in [-0.25, -0.2) is 0 Å². The third kappa shape index (κ3) is 3.53. The van der Waals surface area contributed by atoms with Gasteiger partial charge in [0, 0.05) is 17.5 Å². The van der Waals surface area contributed by atoms with Crippen molar-refractivity contribution in [2.75, 3.05) is 13.7 Å². The number of hydrogen-bond donors (Lipinski definition) is 2. The lowest BCUT2D eigenvalue weighted by Gasteiger charge is -2.39. The summed E-state index contributed by atoms with van der Waals surface area (Å²) < 4.78 is 5.40. The van der Waals surface area contributed by atoms with Gasteiger partial charge in [0.05, 0.1) is 18.2 Å². The Bertz CT molecular complexity index is 456. The van der Waals surface area contributed by atoms with Crippen molar-refractivity contribution in [2.45, 2.75) is 51.0 Å². The van der Waals surface area contributed by atoms with Crippen LogP contribution in [0.3, 0.4) is 0 Å². The maximum Gasteiger partial charge on any atom is 0.126 e. The first-order valence-electron chi connectivity index (χ1n) is 7.85. The minimum Gasteiger partial charge on any atom is -0.496 e. The lowest BCUT2D eigenvalue weighted by molar-refractivity contribution is 0.00707. The van der Waals surface area contributed by atoms with E-state index in [-0.39, 0.29) is 5.41 Å². The highest BCUT2D eigenvalue weighted by Crippen LogP contribution is 2.47. The van der Waals surface area contributed by atoms with Gasteiger partial charge in [-0.15, -0.1) is 0 Å². The number of methoxy groups -OCH3 is 1. The van der Waals surface area contributed by atoms with Gasteiger partial charge in [-0.05, 0) is 25.0 Å². The molecule has 3 nitrogen and oxygen atoms in total. The molecule has 1 aliphatic rings. The molecule has 21 heavy (non-hydrogen) atoms. The van der Waals surface area contributed by atoms with Crippen molar-refractivity contribution in [3.05, 3.63) is 28.8 Å². The van der Waals surface area contributed by atoms with Crippen molar-refractivity contribution in [2.24, 2.45) is 11.1 Å². The molecule has 1 fully saturated rings. The van der Waals surface area contributed by atoms with Crippen LogP contribution in [0.4, 0.5) is 0 Å². The Kier molecular flexibility index (Phi) is 5.91. The summed E-state index contributed by atoms with van der Waals surface area (Å²) in [6.07, 6.45) is 7.15. The maximum atomic E-state index is 11.1. The molecule has 1 aromatic carbocycles. The summed E-state index contributed by atoms with van der Waals surface area (Å²) in [5.74, 6) is 0.643. The second kappa shape index (κ2) is 7.48. The number of hydrogen-bond acceptors (Lipinski definition) is 3. The van der Waals surface area contributed by atoms with E-state index in [0.717, 1.165) is 25.7 Å². The van der Waals surface area contributed by atoms with Gasteiger partial charge in [0.2, 0.25) is 0 Å². The fourth-order valence-corrected chi connectivity index (χ4v) is 3.73. The molecule has 1 atom stereocenters. The molecule has 1 aromatic rings. The highest BCUT2D eigenvalue weighted by atomic mass is 35.5. The van der Waals surface area contributed by atoms with Crippen LogP contribution in [-0.4, -0.2) is 18.8 Å². The standard InChI is InChI=1S/C17H26ClNO2/c1-21-14-9-7-8-13(18)15(14)16(20)17(12-19)10-5-3-2-4-6-11-17/h7-9,16,20H,2-6,10-12,19H2,1H3. The topological polar surface area (TPSA) is 55.5 Å². The van der Waals surface area contributed by atoms with E-state index in [0.29, 0.717) is 22.9 Å². The zero-order valence-electron chi connectivity index (χ0n) is 12.8. The smallest absolute Gasteiger partial charge is 0.126 e. The first-order valence-corrected chi connectivity index (χ1v) is 8.23. The monoisotopic (exact) mass is 311 g/mol. The van der Waals surface area contributed by atoms with Crippen LogP contribution in [0.25, 0.3) is 0 Å². The minimum atomic E-state index is -0.677. The summed E-state index contributed by atoms with van der Waals surface area (Å²) in [7, 11) is 1.61. The number of aliphatic hydroxyl groups is 1. The van der Waals surface area contributed by atoms with E-state index in [4.69, 9.17) is 22.1 Å². The quantitative estimate of drug-likeness (QED) is 0.881. The van der Waals surface area contributed by atoms with E-state index in [1.54, 1.807) is 13.2 Å². The molecule has 0 aliphatic heterocycles. The fraction of sp³-hybridized carbons (Fsp3) is 0.647. The summed E-state index contributed by atoms with van der Waals surface area (Å²) in [5, 5.41) is 11.6. The third-order valence-electron chi connectivity index (χ3n) is 4.84. The Morgan fingerprint density at radius 1 is 1.24 bits per heavy atom. The van der Waals surface area contributed by atoms with Crippen LogP contribution in [0.2, 0.25) is 5.02 Å². The van der Waals surface area contributed by atoms with E-state index in [2.05, 4.69) is 0 Å². The summed E-state index contributed by atoms with van der Waals surface area (Å²) in [4.78, 5) is 0. The first-order chi connectivity index (χ1) is 10.1. The molecule has 3 N–H and O–H groups in total. The van der Waals surface area contributed by atoms with E-state index >= 15 is 0 Å². The molecule has 0 heterocycles. The lowest BCUT2D eigenvalue weighted by atomic mass is 9.70. The molecule has 0 radical (unpaired) electrons. The Labute approximate surface area is 132 Å². The molecule has 0 saturated heterocycles. The number of halogens is 1. The zero-order chi connectivity index (χ0) is 15.3. The SMILES string of the molecule is COc1cccc(Cl)c1C(O)C1(CN)CCCCCCC1. The molecule has 0 spiro atoms. The molecule has 2 rings (SSSR count). The van der Waals surface area contributed by atoms with Crippen molar-refractivity contribution < 1.29 is 9.84 Å². The van der Waals surface area contributed by atoms with Crippen molar-refractivity contribution in [3.63, 3.8) is 0 Å². The number of nitrogens with two attached hydrogens (primary N) is 1. The van der Waals surface area contributed by atoms with Gasteiger partial charge in [-0.1, -0.05) is 49.8 Å². The summed E-state index contributed by atoms with van der Waals surface area (Å²) in [6, 6.07) is 5.48. The third-order valence-corrected chi connectivity index (χ3v) is 5.17. The van der Waals surface area contributed by atoms with Gasteiger partial charge in [-0.3, -0.25) is 0 Å². The average molecular weight is 312 g/mol. The molecule has 1 unspecified atom stereocenters. The molecule has 0 bridgehead atoms. The largest absolute Gasteiger partial charge is 0.496 e. The van der Waals surface area contributed by atoms with Crippen LogP contribution < -0.4 is 10.5 Å². The molecule has 118 valence electrons. The molecule has 0 amide bonds. The lowest BCUT2D eigenvalue weighted by Crippen LogP contribution is -2.37. The molecule has 4 heteroatoms. The van der Waals surface area contributed by atoms with E-state index in [1.807, 2.05) is 12.1 Å². The highest BCUT2D eigenvalue weighted by Gasteiger charge is 2.39. The molecule has 1 aliphatic carbocycles. The van der Waals surface area contributed by atoms with Crippen LogP contribution in [0.5, 0.6) is 5.75 Å². The second-order valence-corrected chi connectivity index (χ2v) is 6.50. The summed E-state index contributed by atoms with van der Waals surface area (Å²) >= 11 is 6.33. The number of aliphatic hydroxyl groups excluding tert-OH is 1. The predicted octanol–water partition coefficient (Wildman–Crippen LogP) is 4.07. The van der Waals surface area contributed by atoms with Gasteiger partial charge in [0.15, 0.2) is 0 Å². The second-order valence-electron chi connectivity index (χ2n) is 6.09. The van der Waals surface area contributed by atoms with Crippen LogP contribution >= 0.6 is 11.6 Å². The fourth-order valence-electron chi connectivity index (χ4n) is 3.47. The predicted molar refractivity (Wildman–Crippen MR) is 86.8 cm³/mol. The number of benzene rings is 1. The van der Waals surface area contributed by atoms with Crippen molar-refractivity contribution >= 4 is 11.6 Å². The summed E-state index contributed by atoms with van der Waals surface area (Å²) in [5.41, 5.74) is 6.49. The Morgan fingerprint density at radius 2 is 1.86 bits per heavy atom. The summed E-state index contributed by atoms with van der Waals surface area (Å²) in [6.45, 7) is 0.475. The van der Waals surface area contributed by atoms with Crippen molar-refractivity contribution in [1.82, 2.24) is 0 Å².